The van der Waals surface area contributed by atoms with Crippen LogP contribution in [0.2, 0.25) is 5.02 Å². The molecular formula is C12H12Cl3NO4S. The summed E-state index contributed by atoms with van der Waals surface area (Å²) in [5.74, 6) is 0. The molecule has 0 spiro atoms. The second-order valence-electron chi connectivity index (χ2n) is 4.31. The van der Waals surface area contributed by atoms with Gasteiger partial charge in [-0.25, -0.2) is 8.42 Å². The van der Waals surface area contributed by atoms with Crippen molar-refractivity contribution in [3.05, 3.63) is 28.8 Å². The molecule has 0 saturated heterocycles. The van der Waals surface area contributed by atoms with Crippen LogP contribution in [0.15, 0.2) is 23.1 Å². The maximum atomic E-state index is 12.2. The predicted octanol–water partition coefficient (Wildman–Crippen LogP) is 2.61. The topological polar surface area (TPSA) is 80.3 Å². The van der Waals surface area contributed by atoms with Gasteiger partial charge in [0.2, 0.25) is 20.5 Å². The molecule has 0 aliphatic heterocycles. The number of rotatable bonds is 7. The summed E-state index contributed by atoms with van der Waals surface area (Å²) in [5.41, 5.74) is 0.685. The zero-order valence-corrected chi connectivity index (χ0v) is 14.0. The summed E-state index contributed by atoms with van der Waals surface area (Å²) in [7, 11) is -4.05. The quantitative estimate of drug-likeness (QED) is 0.746. The molecule has 1 atom stereocenters. The van der Waals surface area contributed by atoms with E-state index in [2.05, 4.69) is 4.72 Å². The van der Waals surface area contributed by atoms with Gasteiger partial charge in [-0.05, 0) is 54.2 Å². The van der Waals surface area contributed by atoms with Crippen molar-refractivity contribution in [2.24, 2.45) is 0 Å². The smallest absolute Gasteiger partial charge is 0.242 e. The van der Waals surface area contributed by atoms with Crippen molar-refractivity contribution in [3.63, 3.8) is 0 Å². The number of halogens is 3. The van der Waals surface area contributed by atoms with Crippen molar-refractivity contribution in [2.75, 3.05) is 0 Å². The van der Waals surface area contributed by atoms with Crippen LogP contribution in [0.25, 0.3) is 0 Å². The van der Waals surface area contributed by atoms with Crippen molar-refractivity contribution in [1.82, 2.24) is 4.72 Å². The zero-order valence-electron chi connectivity index (χ0n) is 10.9. The molecule has 116 valence electrons. The van der Waals surface area contributed by atoms with Gasteiger partial charge in [0.25, 0.3) is 0 Å². The Bertz CT molecular complexity index is 660. The van der Waals surface area contributed by atoms with E-state index in [0.717, 1.165) is 0 Å². The molecular weight excluding hydrogens is 361 g/mol. The van der Waals surface area contributed by atoms with Gasteiger partial charge < -0.3 is 0 Å². The lowest BCUT2D eigenvalue weighted by Gasteiger charge is -2.15. The zero-order chi connectivity index (χ0) is 16.2. The van der Waals surface area contributed by atoms with Crippen molar-refractivity contribution in [1.29, 1.82) is 0 Å². The average molecular weight is 373 g/mol. The lowest BCUT2D eigenvalue weighted by Crippen LogP contribution is -2.39. The summed E-state index contributed by atoms with van der Waals surface area (Å²) in [6, 6.07) is 3.20. The summed E-state index contributed by atoms with van der Waals surface area (Å²) in [6.07, 6.45) is -0.317. The molecule has 9 heteroatoms. The van der Waals surface area contributed by atoms with E-state index in [1.807, 2.05) is 0 Å². The average Bonchev–Trinajstić information content (AvgIpc) is 2.36. The second-order valence-corrected chi connectivity index (χ2v) is 7.19. The molecule has 21 heavy (non-hydrogen) atoms. The number of hydrogen-bond donors (Lipinski definition) is 1. The highest BCUT2D eigenvalue weighted by molar-refractivity contribution is 7.89. The fourth-order valence-corrected chi connectivity index (χ4v) is 3.70. The van der Waals surface area contributed by atoms with Crippen molar-refractivity contribution in [3.8, 4) is 0 Å². The lowest BCUT2D eigenvalue weighted by atomic mass is 10.2. The van der Waals surface area contributed by atoms with Crippen LogP contribution in [0.4, 0.5) is 0 Å². The van der Waals surface area contributed by atoms with E-state index < -0.39 is 26.5 Å². The van der Waals surface area contributed by atoms with Gasteiger partial charge in [-0.15, -0.1) is 0 Å². The molecule has 0 amide bonds. The summed E-state index contributed by atoms with van der Waals surface area (Å²) in [4.78, 5) is 21.8. The third-order valence-corrected chi connectivity index (χ3v) is 4.98. The van der Waals surface area contributed by atoms with E-state index in [4.69, 9.17) is 34.8 Å². The first kappa shape index (κ1) is 18.4. The second kappa shape index (κ2) is 7.56. The van der Waals surface area contributed by atoms with E-state index >= 15 is 0 Å². The lowest BCUT2D eigenvalue weighted by molar-refractivity contribution is -0.114. The molecule has 0 radical (unpaired) electrons. The maximum Gasteiger partial charge on any atom is 0.242 e. The SMILES string of the molecule is Cc1ccc(Cl)c(S(=O)(=O)N[C@@H](CCC(=O)Cl)C(=O)Cl)c1. The highest BCUT2D eigenvalue weighted by atomic mass is 35.5. The molecule has 0 bridgehead atoms. The van der Waals surface area contributed by atoms with Gasteiger partial charge in [0.05, 0.1) is 11.1 Å². The minimum Gasteiger partial charge on any atom is -0.281 e. The first-order chi connectivity index (χ1) is 9.63. The molecule has 1 aromatic carbocycles. The highest BCUT2D eigenvalue weighted by Gasteiger charge is 2.26. The van der Waals surface area contributed by atoms with Crippen molar-refractivity contribution in [2.45, 2.75) is 30.7 Å². The largest absolute Gasteiger partial charge is 0.281 e. The summed E-state index contributed by atoms with van der Waals surface area (Å²) < 4.78 is 26.6. The van der Waals surface area contributed by atoms with E-state index in [-0.39, 0.29) is 22.8 Å². The Hall–Kier alpha value is -0.660. The van der Waals surface area contributed by atoms with Gasteiger partial charge in [-0.2, -0.15) is 4.72 Å². The molecule has 0 aliphatic carbocycles. The molecule has 1 aromatic rings. The molecule has 0 fully saturated rings. The Morgan fingerprint density at radius 1 is 1.29 bits per heavy atom. The molecule has 1 rings (SSSR count). The number of sulfonamides is 1. The Labute approximate surface area is 137 Å². The third kappa shape index (κ3) is 5.56. The van der Waals surface area contributed by atoms with Crippen LogP contribution in [0.1, 0.15) is 18.4 Å². The minimum atomic E-state index is -4.05. The minimum absolute atomic E-state index is 0.0160. The molecule has 1 N–H and O–H groups in total. The third-order valence-electron chi connectivity index (χ3n) is 2.58. The molecule has 5 nitrogen and oxygen atoms in total. The Balaban J connectivity index is 3.03. The maximum absolute atomic E-state index is 12.2. The van der Waals surface area contributed by atoms with Gasteiger partial charge in [0, 0.05) is 6.42 Å². The van der Waals surface area contributed by atoms with Crippen LogP contribution >= 0.6 is 34.8 Å². The molecule has 0 aliphatic rings. The normalized spacial score (nSPS) is 13.0. The Morgan fingerprint density at radius 2 is 1.90 bits per heavy atom. The first-order valence-corrected chi connectivity index (χ1v) is 8.41. The fourth-order valence-electron chi connectivity index (χ4n) is 1.54. The number of hydrogen-bond acceptors (Lipinski definition) is 4. The molecule has 0 unspecified atom stereocenters. The fraction of sp³-hybridized carbons (Fsp3) is 0.333. The predicted molar refractivity (Wildman–Crippen MR) is 81.3 cm³/mol. The van der Waals surface area contributed by atoms with E-state index in [1.54, 1.807) is 13.0 Å². The number of aryl methyl sites for hydroxylation is 1. The van der Waals surface area contributed by atoms with E-state index in [1.165, 1.54) is 12.1 Å². The number of carbonyl (C=O) groups excluding carboxylic acids is 2. The van der Waals surface area contributed by atoms with Crippen LogP contribution in [0, 0.1) is 6.92 Å². The van der Waals surface area contributed by atoms with E-state index in [9.17, 15) is 18.0 Å². The van der Waals surface area contributed by atoms with Crippen LogP contribution < -0.4 is 4.72 Å². The van der Waals surface area contributed by atoms with E-state index in [0.29, 0.717) is 5.56 Å². The van der Waals surface area contributed by atoms with Crippen LogP contribution in [-0.2, 0) is 19.6 Å². The summed E-state index contributed by atoms with van der Waals surface area (Å²) >= 11 is 16.4. The standard InChI is InChI=1S/C12H12Cl3NO4S/c1-7-2-3-8(13)10(6-7)21(19,20)16-9(12(15)18)4-5-11(14)17/h2-3,6,9,16H,4-5H2,1H3/t9-/m0/s1. The summed E-state index contributed by atoms with van der Waals surface area (Å²) in [6.45, 7) is 1.70. The first-order valence-electron chi connectivity index (χ1n) is 5.79. The van der Waals surface area contributed by atoms with Crippen LogP contribution in [0.5, 0.6) is 0 Å². The Morgan fingerprint density at radius 3 is 2.43 bits per heavy atom. The van der Waals surface area contributed by atoms with Crippen molar-refractivity contribution < 1.29 is 18.0 Å². The van der Waals surface area contributed by atoms with Gasteiger partial charge in [0.15, 0.2) is 0 Å². The number of benzene rings is 1. The molecule has 0 aromatic heterocycles. The number of carbonyl (C=O) groups is 2. The Kier molecular flexibility index (Phi) is 6.62. The summed E-state index contributed by atoms with van der Waals surface area (Å²) in [5, 5.41) is -1.60. The highest BCUT2D eigenvalue weighted by Crippen LogP contribution is 2.23. The van der Waals surface area contributed by atoms with Gasteiger partial charge in [-0.1, -0.05) is 17.7 Å². The van der Waals surface area contributed by atoms with Crippen molar-refractivity contribution >= 4 is 55.3 Å². The van der Waals surface area contributed by atoms with Gasteiger partial charge in [0.1, 0.15) is 4.90 Å². The number of nitrogens with one attached hydrogen (secondary N) is 1. The van der Waals surface area contributed by atoms with Gasteiger partial charge in [-0.3, -0.25) is 9.59 Å². The molecule has 0 heterocycles. The van der Waals surface area contributed by atoms with Crippen LogP contribution in [-0.4, -0.2) is 24.9 Å². The van der Waals surface area contributed by atoms with Crippen LogP contribution in [0.3, 0.4) is 0 Å². The molecule has 0 saturated carbocycles. The monoisotopic (exact) mass is 371 g/mol. The van der Waals surface area contributed by atoms with Gasteiger partial charge >= 0.3 is 0 Å².